The maximum atomic E-state index is 12.4. The molecule has 2 heteroatoms. The summed E-state index contributed by atoms with van der Waals surface area (Å²) < 4.78 is 5.59. The van der Waals surface area contributed by atoms with Gasteiger partial charge in [-0.25, -0.2) is 0 Å². The van der Waals surface area contributed by atoms with E-state index in [2.05, 4.69) is 6.08 Å². The second kappa shape index (κ2) is 4.54. The highest BCUT2D eigenvalue weighted by Gasteiger charge is 2.35. The molecule has 0 N–H and O–H groups in total. The van der Waals surface area contributed by atoms with E-state index in [-0.39, 0.29) is 11.7 Å². The van der Waals surface area contributed by atoms with Gasteiger partial charge in [-0.2, -0.15) is 0 Å². The number of hydrogen-bond acceptors (Lipinski definition) is 2. The predicted molar refractivity (Wildman–Crippen MR) is 71.1 cm³/mol. The average molecular weight is 240 g/mol. The van der Waals surface area contributed by atoms with Gasteiger partial charge in [0, 0.05) is 11.5 Å². The fraction of sp³-hybridized carbons (Fsp3) is 0.312. The number of Topliss-reactive ketones (excluding diaryl/α,β-unsaturated/α-hetero) is 1. The topological polar surface area (TPSA) is 26.3 Å². The number of ether oxygens (including phenoxy) is 1. The fourth-order valence-electron chi connectivity index (χ4n) is 2.76. The summed E-state index contributed by atoms with van der Waals surface area (Å²) in [7, 11) is 0. The number of rotatable bonds is 1. The molecule has 92 valence electrons. The molecular formula is C16H16O2. The van der Waals surface area contributed by atoms with Crippen LogP contribution < -0.4 is 0 Å². The van der Waals surface area contributed by atoms with Gasteiger partial charge in [0.2, 0.25) is 0 Å². The molecule has 1 aromatic carbocycles. The molecule has 0 unspecified atom stereocenters. The first-order chi connectivity index (χ1) is 8.79. The number of benzene rings is 1. The average Bonchev–Trinajstić information content (AvgIpc) is 2.60. The van der Waals surface area contributed by atoms with Crippen LogP contribution in [0.3, 0.4) is 0 Å². The zero-order valence-corrected chi connectivity index (χ0v) is 10.5. The second-order valence-corrected chi connectivity index (χ2v) is 4.81. The third-order valence-corrected chi connectivity index (χ3v) is 3.69. The highest BCUT2D eigenvalue weighted by molar-refractivity contribution is 6.27. The van der Waals surface area contributed by atoms with Crippen molar-refractivity contribution < 1.29 is 9.53 Å². The Bertz CT molecular complexity index is 537. The van der Waals surface area contributed by atoms with Gasteiger partial charge in [0.1, 0.15) is 0 Å². The summed E-state index contributed by atoms with van der Waals surface area (Å²) in [4.78, 5) is 12.4. The van der Waals surface area contributed by atoms with Crippen LogP contribution in [0.25, 0.3) is 5.57 Å². The lowest BCUT2D eigenvalue weighted by Gasteiger charge is -2.06. The van der Waals surface area contributed by atoms with Crippen molar-refractivity contribution in [3.8, 4) is 0 Å². The lowest BCUT2D eigenvalue weighted by atomic mass is 9.99. The summed E-state index contributed by atoms with van der Waals surface area (Å²) in [5.74, 6) is 0.213. The number of hydrogen-bond donors (Lipinski definition) is 0. The Balaban J connectivity index is 2.16. The van der Waals surface area contributed by atoms with Crippen LogP contribution in [0.4, 0.5) is 0 Å². The molecule has 2 aliphatic rings. The minimum absolute atomic E-state index is 0.0168. The Hall–Kier alpha value is -1.67. The summed E-state index contributed by atoms with van der Waals surface area (Å²) in [5.41, 5.74) is 4.14. The van der Waals surface area contributed by atoms with Crippen LogP contribution in [0.1, 0.15) is 18.9 Å². The molecule has 0 spiro atoms. The molecule has 0 aromatic heterocycles. The summed E-state index contributed by atoms with van der Waals surface area (Å²) in [6.07, 6.45) is 3.07. The number of carbonyl (C=O) groups is 1. The van der Waals surface area contributed by atoms with Gasteiger partial charge in [0.15, 0.2) is 5.78 Å². The van der Waals surface area contributed by atoms with Crippen molar-refractivity contribution >= 4 is 11.4 Å². The molecular weight excluding hydrogens is 224 g/mol. The van der Waals surface area contributed by atoms with Crippen molar-refractivity contribution in [3.63, 3.8) is 0 Å². The zero-order valence-electron chi connectivity index (χ0n) is 10.5. The van der Waals surface area contributed by atoms with Crippen molar-refractivity contribution in [1.82, 2.24) is 0 Å². The Morgan fingerprint density at radius 1 is 1.22 bits per heavy atom. The van der Waals surface area contributed by atoms with Crippen LogP contribution in [-0.4, -0.2) is 19.0 Å². The first-order valence-electron chi connectivity index (χ1n) is 6.40. The minimum Gasteiger partial charge on any atom is -0.376 e. The Kier molecular flexibility index (Phi) is 2.88. The molecule has 0 saturated carbocycles. The van der Waals surface area contributed by atoms with E-state index in [9.17, 15) is 4.79 Å². The van der Waals surface area contributed by atoms with E-state index in [0.29, 0.717) is 6.61 Å². The zero-order chi connectivity index (χ0) is 12.5. The van der Waals surface area contributed by atoms with Gasteiger partial charge in [-0.3, -0.25) is 4.79 Å². The smallest absolute Gasteiger partial charge is 0.171 e. The Morgan fingerprint density at radius 2 is 2.00 bits per heavy atom. The molecule has 2 nitrogen and oxygen atoms in total. The lowest BCUT2D eigenvalue weighted by molar-refractivity contribution is -0.115. The normalized spacial score (nSPS) is 23.7. The number of fused-ring (bicyclic) bond motifs is 1. The summed E-state index contributed by atoms with van der Waals surface area (Å²) in [6, 6.07) is 9.92. The largest absolute Gasteiger partial charge is 0.376 e. The molecule has 1 atom stereocenters. The van der Waals surface area contributed by atoms with Crippen molar-refractivity contribution in [3.05, 3.63) is 53.1 Å². The molecule has 18 heavy (non-hydrogen) atoms. The molecule has 3 rings (SSSR count). The van der Waals surface area contributed by atoms with E-state index in [0.717, 1.165) is 29.7 Å². The number of carbonyl (C=O) groups excluding carboxylic acids is 1. The van der Waals surface area contributed by atoms with E-state index < -0.39 is 0 Å². The molecule has 1 aliphatic carbocycles. The summed E-state index contributed by atoms with van der Waals surface area (Å²) in [5, 5.41) is 0. The van der Waals surface area contributed by atoms with Crippen molar-refractivity contribution in [1.29, 1.82) is 0 Å². The van der Waals surface area contributed by atoms with Gasteiger partial charge in [-0.1, -0.05) is 43.3 Å². The standard InChI is InChI=1S/C16H16O2/c1-11-13-8-5-9-18-10-14(13)15(16(11)17)12-6-3-2-4-7-12/h2-4,6-8,11H,5,9-10H2,1H3/t11-/m1/s1. The van der Waals surface area contributed by atoms with Crippen molar-refractivity contribution in [2.45, 2.75) is 13.3 Å². The molecule has 0 amide bonds. The molecule has 1 aliphatic heterocycles. The van der Waals surface area contributed by atoms with Crippen molar-refractivity contribution in [2.24, 2.45) is 5.92 Å². The fourth-order valence-corrected chi connectivity index (χ4v) is 2.76. The molecule has 1 heterocycles. The summed E-state index contributed by atoms with van der Waals surface area (Å²) >= 11 is 0. The summed E-state index contributed by atoms with van der Waals surface area (Å²) in [6.45, 7) is 3.30. The van der Waals surface area contributed by atoms with Gasteiger partial charge in [0.25, 0.3) is 0 Å². The first kappa shape index (κ1) is 11.4. The third kappa shape index (κ3) is 1.73. The van der Waals surface area contributed by atoms with Gasteiger partial charge in [0.05, 0.1) is 13.2 Å². The van der Waals surface area contributed by atoms with Crippen LogP contribution in [-0.2, 0) is 9.53 Å². The van der Waals surface area contributed by atoms with Crippen LogP contribution in [0.2, 0.25) is 0 Å². The van der Waals surface area contributed by atoms with Crippen molar-refractivity contribution in [2.75, 3.05) is 13.2 Å². The number of ketones is 1. The SMILES string of the molecule is C[C@H]1C(=O)C(c2ccccc2)=C2COCCC=C21. The lowest BCUT2D eigenvalue weighted by Crippen LogP contribution is -2.07. The van der Waals surface area contributed by atoms with E-state index in [4.69, 9.17) is 4.74 Å². The highest BCUT2D eigenvalue weighted by atomic mass is 16.5. The van der Waals surface area contributed by atoms with Gasteiger partial charge < -0.3 is 4.74 Å². The van der Waals surface area contributed by atoms with Crippen LogP contribution in [0.15, 0.2) is 47.6 Å². The predicted octanol–water partition coefficient (Wildman–Crippen LogP) is 3.01. The Labute approximate surface area is 107 Å². The third-order valence-electron chi connectivity index (χ3n) is 3.69. The van der Waals surface area contributed by atoms with Crippen LogP contribution >= 0.6 is 0 Å². The van der Waals surface area contributed by atoms with E-state index in [1.807, 2.05) is 37.3 Å². The van der Waals surface area contributed by atoms with Crippen LogP contribution in [0, 0.1) is 5.92 Å². The monoisotopic (exact) mass is 240 g/mol. The maximum absolute atomic E-state index is 12.4. The minimum atomic E-state index is -0.0168. The molecule has 0 fully saturated rings. The van der Waals surface area contributed by atoms with Gasteiger partial charge in [-0.05, 0) is 23.1 Å². The van der Waals surface area contributed by atoms with E-state index in [1.165, 1.54) is 5.57 Å². The molecule has 0 bridgehead atoms. The maximum Gasteiger partial charge on any atom is 0.171 e. The van der Waals surface area contributed by atoms with E-state index >= 15 is 0 Å². The van der Waals surface area contributed by atoms with E-state index in [1.54, 1.807) is 0 Å². The van der Waals surface area contributed by atoms with Gasteiger partial charge in [-0.15, -0.1) is 0 Å². The van der Waals surface area contributed by atoms with Crippen LogP contribution in [0.5, 0.6) is 0 Å². The highest BCUT2D eigenvalue weighted by Crippen LogP contribution is 2.40. The number of allylic oxidation sites excluding steroid dienone is 1. The Morgan fingerprint density at radius 3 is 2.78 bits per heavy atom. The quantitative estimate of drug-likeness (QED) is 0.754. The first-order valence-corrected chi connectivity index (χ1v) is 6.40. The molecule has 1 aromatic rings. The van der Waals surface area contributed by atoms with Gasteiger partial charge >= 0.3 is 0 Å². The molecule has 0 saturated heterocycles. The molecule has 0 radical (unpaired) electrons. The second-order valence-electron chi connectivity index (χ2n) is 4.81.